The molecule has 0 amide bonds. The van der Waals surface area contributed by atoms with Crippen LogP contribution in [0.2, 0.25) is 0 Å². The number of aromatic nitrogens is 2. The third-order valence-electron chi connectivity index (χ3n) is 2.58. The SMILES string of the molecule is Cc1cc(-n2cc(CO)c(C)n2)ccc1Br. The molecule has 2 aromatic rings. The van der Waals surface area contributed by atoms with E-state index in [1.807, 2.05) is 32.2 Å². The van der Waals surface area contributed by atoms with Crippen molar-refractivity contribution in [1.29, 1.82) is 0 Å². The van der Waals surface area contributed by atoms with E-state index in [2.05, 4.69) is 27.1 Å². The second-order valence-electron chi connectivity index (χ2n) is 3.78. The van der Waals surface area contributed by atoms with E-state index in [9.17, 15) is 0 Å². The van der Waals surface area contributed by atoms with Crippen LogP contribution in [0, 0.1) is 13.8 Å². The Labute approximate surface area is 103 Å². The molecule has 2 rings (SSSR count). The first-order chi connectivity index (χ1) is 7.61. The van der Waals surface area contributed by atoms with Crippen molar-refractivity contribution < 1.29 is 5.11 Å². The van der Waals surface area contributed by atoms with Crippen molar-refractivity contribution in [1.82, 2.24) is 9.78 Å². The van der Waals surface area contributed by atoms with Gasteiger partial charge in [0.1, 0.15) is 0 Å². The fourth-order valence-electron chi connectivity index (χ4n) is 1.55. The van der Waals surface area contributed by atoms with E-state index >= 15 is 0 Å². The van der Waals surface area contributed by atoms with Crippen LogP contribution in [-0.4, -0.2) is 14.9 Å². The van der Waals surface area contributed by atoms with E-state index in [0.29, 0.717) is 0 Å². The molecule has 1 heterocycles. The van der Waals surface area contributed by atoms with Crippen LogP contribution in [-0.2, 0) is 6.61 Å². The van der Waals surface area contributed by atoms with Gasteiger partial charge in [-0.1, -0.05) is 15.9 Å². The molecular weight excluding hydrogens is 268 g/mol. The topological polar surface area (TPSA) is 38.0 Å². The Morgan fingerprint density at radius 3 is 2.69 bits per heavy atom. The normalized spacial score (nSPS) is 10.8. The van der Waals surface area contributed by atoms with Gasteiger partial charge < -0.3 is 5.11 Å². The van der Waals surface area contributed by atoms with Gasteiger partial charge in [0, 0.05) is 16.2 Å². The van der Waals surface area contributed by atoms with Gasteiger partial charge in [-0.2, -0.15) is 5.10 Å². The summed E-state index contributed by atoms with van der Waals surface area (Å²) in [7, 11) is 0. The average molecular weight is 281 g/mol. The number of nitrogens with zero attached hydrogens (tertiary/aromatic N) is 2. The average Bonchev–Trinajstić information content (AvgIpc) is 2.64. The molecule has 1 N–H and O–H groups in total. The minimum atomic E-state index is 0.0291. The maximum Gasteiger partial charge on any atom is 0.0715 e. The molecule has 0 aliphatic heterocycles. The summed E-state index contributed by atoms with van der Waals surface area (Å²) in [5, 5.41) is 13.5. The zero-order valence-electron chi connectivity index (χ0n) is 9.24. The van der Waals surface area contributed by atoms with Gasteiger partial charge in [-0.15, -0.1) is 0 Å². The van der Waals surface area contributed by atoms with Crippen LogP contribution in [0.4, 0.5) is 0 Å². The van der Waals surface area contributed by atoms with Crippen LogP contribution in [0.25, 0.3) is 5.69 Å². The van der Waals surface area contributed by atoms with E-state index in [1.54, 1.807) is 4.68 Å². The van der Waals surface area contributed by atoms with Crippen LogP contribution < -0.4 is 0 Å². The van der Waals surface area contributed by atoms with Gasteiger partial charge in [0.05, 0.1) is 18.0 Å². The van der Waals surface area contributed by atoms with E-state index < -0.39 is 0 Å². The third-order valence-corrected chi connectivity index (χ3v) is 3.47. The molecule has 16 heavy (non-hydrogen) atoms. The lowest BCUT2D eigenvalue weighted by atomic mass is 10.2. The Balaban J connectivity index is 2.46. The second-order valence-corrected chi connectivity index (χ2v) is 4.63. The molecule has 3 nitrogen and oxygen atoms in total. The summed E-state index contributed by atoms with van der Waals surface area (Å²) >= 11 is 3.47. The highest BCUT2D eigenvalue weighted by molar-refractivity contribution is 9.10. The molecule has 0 saturated heterocycles. The maximum atomic E-state index is 9.12. The van der Waals surface area contributed by atoms with Gasteiger partial charge in [0.25, 0.3) is 0 Å². The minimum absolute atomic E-state index is 0.0291. The van der Waals surface area contributed by atoms with Gasteiger partial charge >= 0.3 is 0 Å². The Morgan fingerprint density at radius 1 is 1.38 bits per heavy atom. The highest BCUT2D eigenvalue weighted by Crippen LogP contribution is 2.20. The van der Waals surface area contributed by atoms with Crippen molar-refractivity contribution in [2.24, 2.45) is 0 Å². The van der Waals surface area contributed by atoms with Crippen molar-refractivity contribution in [3.63, 3.8) is 0 Å². The molecule has 1 aromatic heterocycles. The number of hydrogen-bond donors (Lipinski definition) is 1. The Bertz CT molecular complexity index is 520. The summed E-state index contributed by atoms with van der Waals surface area (Å²) < 4.78 is 2.88. The molecule has 0 atom stereocenters. The monoisotopic (exact) mass is 280 g/mol. The van der Waals surface area contributed by atoms with Crippen LogP contribution in [0.3, 0.4) is 0 Å². The molecule has 1 aromatic carbocycles. The zero-order chi connectivity index (χ0) is 11.7. The van der Waals surface area contributed by atoms with Gasteiger partial charge in [-0.05, 0) is 37.6 Å². The predicted molar refractivity (Wildman–Crippen MR) is 66.7 cm³/mol. The molecule has 0 saturated carbocycles. The number of hydrogen-bond acceptors (Lipinski definition) is 2. The number of aliphatic hydroxyl groups is 1. The molecule has 4 heteroatoms. The molecule has 0 aliphatic rings. The number of halogens is 1. The van der Waals surface area contributed by atoms with Gasteiger partial charge in [0.15, 0.2) is 0 Å². The highest BCUT2D eigenvalue weighted by Gasteiger charge is 2.05. The lowest BCUT2D eigenvalue weighted by Gasteiger charge is -2.03. The van der Waals surface area contributed by atoms with Crippen molar-refractivity contribution in [2.45, 2.75) is 20.5 Å². The summed E-state index contributed by atoms with van der Waals surface area (Å²) in [6.45, 7) is 3.96. The maximum absolute atomic E-state index is 9.12. The fraction of sp³-hybridized carbons (Fsp3) is 0.250. The lowest BCUT2D eigenvalue weighted by molar-refractivity contribution is 0.281. The van der Waals surface area contributed by atoms with Crippen LogP contribution in [0.1, 0.15) is 16.8 Å². The molecule has 0 bridgehead atoms. The number of aryl methyl sites for hydroxylation is 2. The molecule has 0 spiro atoms. The fourth-order valence-corrected chi connectivity index (χ4v) is 1.80. The van der Waals surface area contributed by atoms with E-state index in [0.717, 1.165) is 27.0 Å². The third kappa shape index (κ3) is 2.03. The molecule has 84 valence electrons. The van der Waals surface area contributed by atoms with Crippen molar-refractivity contribution in [3.05, 3.63) is 45.7 Å². The zero-order valence-corrected chi connectivity index (χ0v) is 10.8. The summed E-state index contributed by atoms with van der Waals surface area (Å²) in [6, 6.07) is 6.04. The molecule has 0 fully saturated rings. The summed E-state index contributed by atoms with van der Waals surface area (Å²) in [4.78, 5) is 0. The van der Waals surface area contributed by atoms with Crippen LogP contribution in [0.5, 0.6) is 0 Å². The Morgan fingerprint density at radius 2 is 2.12 bits per heavy atom. The number of rotatable bonds is 2. The molecule has 0 radical (unpaired) electrons. The standard InChI is InChI=1S/C12H13BrN2O/c1-8-5-11(3-4-12(8)13)15-6-10(7-16)9(2)14-15/h3-6,16H,7H2,1-2H3. The summed E-state index contributed by atoms with van der Waals surface area (Å²) in [5.41, 5.74) is 3.89. The minimum Gasteiger partial charge on any atom is -0.392 e. The first kappa shape index (κ1) is 11.4. The Kier molecular flexibility index (Phi) is 3.12. The quantitative estimate of drug-likeness (QED) is 0.919. The summed E-state index contributed by atoms with van der Waals surface area (Å²) in [6.07, 6.45) is 1.86. The van der Waals surface area contributed by atoms with E-state index in [-0.39, 0.29) is 6.61 Å². The van der Waals surface area contributed by atoms with Crippen molar-refractivity contribution in [3.8, 4) is 5.69 Å². The highest BCUT2D eigenvalue weighted by atomic mass is 79.9. The first-order valence-electron chi connectivity index (χ1n) is 5.04. The lowest BCUT2D eigenvalue weighted by Crippen LogP contribution is -1.95. The van der Waals surface area contributed by atoms with Gasteiger partial charge in [-0.25, -0.2) is 4.68 Å². The van der Waals surface area contributed by atoms with Crippen LogP contribution >= 0.6 is 15.9 Å². The Hall–Kier alpha value is -1.13. The molecule has 0 aliphatic carbocycles. The van der Waals surface area contributed by atoms with E-state index in [1.165, 1.54) is 0 Å². The van der Waals surface area contributed by atoms with Crippen molar-refractivity contribution >= 4 is 15.9 Å². The van der Waals surface area contributed by atoms with Gasteiger partial charge in [0.2, 0.25) is 0 Å². The summed E-state index contributed by atoms with van der Waals surface area (Å²) in [5.74, 6) is 0. The number of aliphatic hydroxyl groups excluding tert-OH is 1. The van der Waals surface area contributed by atoms with Crippen LogP contribution in [0.15, 0.2) is 28.9 Å². The van der Waals surface area contributed by atoms with E-state index in [4.69, 9.17) is 5.11 Å². The predicted octanol–water partition coefficient (Wildman–Crippen LogP) is 2.74. The first-order valence-corrected chi connectivity index (χ1v) is 5.83. The second kappa shape index (κ2) is 4.39. The molecule has 0 unspecified atom stereocenters. The smallest absolute Gasteiger partial charge is 0.0715 e. The molecular formula is C12H13BrN2O. The van der Waals surface area contributed by atoms with Crippen molar-refractivity contribution in [2.75, 3.05) is 0 Å². The largest absolute Gasteiger partial charge is 0.392 e. The van der Waals surface area contributed by atoms with Gasteiger partial charge in [-0.3, -0.25) is 0 Å². The number of benzene rings is 1.